The molecule has 19 heavy (non-hydrogen) atoms. The molecule has 0 radical (unpaired) electrons. The van der Waals surface area contributed by atoms with Gasteiger partial charge in [-0.1, -0.05) is 46.3 Å². The molecule has 0 aliphatic heterocycles. The van der Waals surface area contributed by atoms with Gasteiger partial charge in [-0.25, -0.2) is 0 Å². The van der Waals surface area contributed by atoms with Crippen LogP contribution in [0.3, 0.4) is 0 Å². The van der Waals surface area contributed by atoms with Gasteiger partial charge in [-0.05, 0) is 42.8 Å². The molecule has 0 aliphatic carbocycles. The van der Waals surface area contributed by atoms with Crippen LogP contribution in [-0.4, -0.2) is 18.5 Å². The zero-order valence-electron chi connectivity index (χ0n) is 11.1. The maximum atomic E-state index is 5.69. The largest absolute Gasteiger partial charge is 0.399 e. The number of anilines is 1. The molecule has 2 nitrogen and oxygen atoms in total. The molecule has 100 valence electrons. The Morgan fingerprint density at radius 3 is 2.42 bits per heavy atom. The van der Waals surface area contributed by atoms with Gasteiger partial charge in [0, 0.05) is 23.2 Å². The fourth-order valence-corrected chi connectivity index (χ4v) is 2.41. The zero-order chi connectivity index (χ0) is 13.7. The predicted octanol–water partition coefficient (Wildman–Crippen LogP) is 3.71. The molecule has 0 saturated heterocycles. The Morgan fingerprint density at radius 1 is 1.05 bits per heavy atom. The fourth-order valence-electron chi connectivity index (χ4n) is 2.00. The highest BCUT2D eigenvalue weighted by molar-refractivity contribution is 9.10. The van der Waals surface area contributed by atoms with Gasteiger partial charge in [0.2, 0.25) is 0 Å². The van der Waals surface area contributed by atoms with Crippen molar-refractivity contribution in [1.29, 1.82) is 0 Å². The summed E-state index contributed by atoms with van der Waals surface area (Å²) in [4.78, 5) is 2.33. The lowest BCUT2D eigenvalue weighted by Gasteiger charge is -2.17. The van der Waals surface area contributed by atoms with Gasteiger partial charge in [-0.2, -0.15) is 0 Å². The Balaban J connectivity index is 1.86. The van der Waals surface area contributed by atoms with Crippen molar-refractivity contribution in [1.82, 2.24) is 4.90 Å². The molecule has 0 aliphatic rings. The van der Waals surface area contributed by atoms with Crippen LogP contribution >= 0.6 is 15.9 Å². The van der Waals surface area contributed by atoms with Crippen molar-refractivity contribution in [3.05, 3.63) is 64.1 Å². The number of hydrogen-bond acceptors (Lipinski definition) is 2. The van der Waals surface area contributed by atoms with Crippen LogP contribution in [0.1, 0.15) is 11.1 Å². The molecule has 0 bridgehead atoms. The maximum absolute atomic E-state index is 5.69. The Kier molecular flexibility index (Phi) is 5.00. The summed E-state index contributed by atoms with van der Waals surface area (Å²) >= 11 is 3.59. The Hall–Kier alpha value is -1.32. The average Bonchev–Trinajstić information content (AvgIpc) is 2.41. The summed E-state index contributed by atoms with van der Waals surface area (Å²) in [6, 6.07) is 16.5. The third kappa shape index (κ3) is 4.37. The highest BCUT2D eigenvalue weighted by Crippen LogP contribution is 2.17. The summed E-state index contributed by atoms with van der Waals surface area (Å²) in [6.07, 6.45) is 1.04. The van der Waals surface area contributed by atoms with Crippen LogP contribution in [0.5, 0.6) is 0 Å². The second-order valence-corrected chi connectivity index (χ2v) is 5.68. The monoisotopic (exact) mass is 318 g/mol. The van der Waals surface area contributed by atoms with Gasteiger partial charge in [0.05, 0.1) is 0 Å². The van der Waals surface area contributed by atoms with E-state index in [4.69, 9.17) is 5.73 Å². The third-order valence-corrected chi connectivity index (χ3v) is 3.93. The molecule has 2 rings (SSSR count). The van der Waals surface area contributed by atoms with Gasteiger partial charge in [0.25, 0.3) is 0 Å². The Bertz CT molecular complexity index is 523. The van der Waals surface area contributed by atoms with Gasteiger partial charge in [-0.3, -0.25) is 0 Å². The van der Waals surface area contributed by atoms with Gasteiger partial charge in [0.1, 0.15) is 0 Å². The van der Waals surface area contributed by atoms with Crippen molar-refractivity contribution in [3.8, 4) is 0 Å². The first-order valence-electron chi connectivity index (χ1n) is 6.41. The van der Waals surface area contributed by atoms with Crippen LogP contribution < -0.4 is 5.73 Å². The lowest BCUT2D eigenvalue weighted by Crippen LogP contribution is -2.20. The summed E-state index contributed by atoms with van der Waals surface area (Å²) in [5.41, 5.74) is 9.16. The smallest absolute Gasteiger partial charge is 0.0314 e. The molecule has 0 spiro atoms. The number of nitrogens with zero attached hydrogens (tertiary/aromatic N) is 1. The standard InChI is InChI=1S/C16H19BrN2/c1-19(12-14-4-2-3-5-16(14)17)11-10-13-6-8-15(18)9-7-13/h2-9H,10-12,18H2,1H3. The van der Waals surface area contributed by atoms with E-state index in [1.165, 1.54) is 15.6 Å². The molecule has 0 saturated carbocycles. The van der Waals surface area contributed by atoms with E-state index < -0.39 is 0 Å². The topological polar surface area (TPSA) is 29.3 Å². The fraction of sp³-hybridized carbons (Fsp3) is 0.250. The molecule has 0 aromatic heterocycles. The quantitative estimate of drug-likeness (QED) is 0.852. The first-order valence-corrected chi connectivity index (χ1v) is 7.21. The predicted molar refractivity (Wildman–Crippen MR) is 85.0 cm³/mol. The minimum Gasteiger partial charge on any atom is -0.399 e. The number of halogens is 1. The number of hydrogen-bond donors (Lipinski definition) is 1. The van der Waals surface area contributed by atoms with Crippen LogP contribution in [0.25, 0.3) is 0 Å². The van der Waals surface area contributed by atoms with E-state index >= 15 is 0 Å². The van der Waals surface area contributed by atoms with Crippen molar-refractivity contribution in [2.75, 3.05) is 19.3 Å². The van der Waals surface area contributed by atoms with Crippen LogP contribution in [0.15, 0.2) is 53.0 Å². The molecule has 2 aromatic rings. The molecule has 0 fully saturated rings. The summed E-state index contributed by atoms with van der Waals surface area (Å²) in [7, 11) is 2.15. The van der Waals surface area contributed by atoms with Crippen LogP contribution in [0.4, 0.5) is 5.69 Å². The third-order valence-electron chi connectivity index (χ3n) is 3.16. The summed E-state index contributed by atoms with van der Waals surface area (Å²) in [5.74, 6) is 0. The van der Waals surface area contributed by atoms with Crippen molar-refractivity contribution in [2.24, 2.45) is 0 Å². The second kappa shape index (κ2) is 6.73. The molecule has 0 heterocycles. The summed E-state index contributed by atoms with van der Waals surface area (Å²) in [6.45, 7) is 1.99. The Morgan fingerprint density at radius 2 is 1.74 bits per heavy atom. The molecule has 2 aromatic carbocycles. The molecular weight excluding hydrogens is 300 g/mol. The number of nitrogen functional groups attached to an aromatic ring is 1. The number of benzene rings is 2. The lowest BCUT2D eigenvalue weighted by atomic mass is 10.1. The highest BCUT2D eigenvalue weighted by Gasteiger charge is 2.04. The van der Waals surface area contributed by atoms with E-state index in [9.17, 15) is 0 Å². The van der Waals surface area contributed by atoms with E-state index in [0.717, 1.165) is 25.2 Å². The van der Waals surface area contributed by atoms with Crippen LogP contribution in [-0.2, 0) is 13.0 Å². The second-order valence-electron chi connectivity index (χ2n) is 4.82. The van der Waals surface area contributed by atoms with E-state index in [1.807, 2.05) is 18.2 Å². The molecule has 0 atom stereocenters. The number of rotatable bonds is 5. The number of likely N-dealkylation sites (N-methyl/N-ethyl adjacent to an activating group) is 1. The number of nitrogens with two attached hydrogens (primary N) is 1. The van der Waals surface area contributed by atoms with Crippen molar-refractivity contribution < 1.29 is 0 Å². The van der Waals surface area contributed by atoms with E-state index in [2.05, 4.69) is 58.2 Å². The molecular formula is C16H19BrN2. The van der Waals surface area contributed by atoms with E-state index in [-0.39, 0.29) is 0 Å². The normalized spacial score (nSPS) is 10.9. The van der Waals surface area contributed by atoms with Crippen LogP contribution in [0, 0.1) is 0 Å². The lowest BCUT2D eigenvalue weighted by molar-refractivity contribution is 0.330. The minimum atomic E-state index is 0.824. The van der Waals surface area contributed by atoms with E-state index in [1.54, 1.807) is 0 Å². The highest BCUT2D eigenvalue weighted by atomic mass is 79.9. The van der Waals surface area contributed by atoms with Gasteiger partial charge in [0.15, 0.2) is 0 Å². The minimum absolute atomic E-state index is 0.824. The first-order chi connectivity index (χ1) is 9.15. The SMILES string of the molecule is CN(CCc1ccc(N)cc1)Cc1ccccc1Br. The molecule has 0 amide bonds. The Labute approximate surface area is 123 Å². The molecule has 2 N–H and O–H groups in total. The van der Waals surface area contributed by atoms with Crippen molar-refractivity contribution in [2.45, 2.75) is 13.0 Å². The molecule has 0 unspecified atom stereocenters. The summed E-state index contributed by atoms with van der Waals surface area (Å²) in [5, 5.41) is 0. The van der Waals surface area contributed by atoms with Crippen molar-refractivity contribution in [3.63, 3.8) is 0 Å². The summed E-state index contributed by atoms with van der Waals surface area (Å²) < 4.78 is 1.18. The first kappa shape index (κ1) is 14.1. The van der Waals surface area contributed by atoms with Crippen LogP contribution in [0.2, 0.25) is 0 Å². The van der Waals surface area contributed by atoms with Gasteiger partial charge < -0.3 is 10.6 Å². The van der Waals surface area contributed by atoms with Gasteiger partial charge >= 0.3 is 0 Å². The zero-order valence-corrected chi connectivity index (χ0v) is 12.7. The average molecular weight is 319 g/mol. The van der Waals surface area contributed by atoms with Gasteiger partial charge in [-0.15, -0.1) is 0 Å². The maximum Gasteiger partial charge on any atom is 0.0314 e. The van der Waals surface area contributed by atoms with E-state index in [0.29, 0.717) is 0 Å². The molecule has 3 heteroatoms. The van der Waals surface area contributed by atoms with Crippen molar-refractivity contribution >= 4 is 21.6 Å².